The summed E-state index contributed by atoms with van der Waals surface area (Å²) in [5, 5.41) is 18.0. The lowest BCUT2D eigenvalue weighted by molar-refractivity contribution is 0.111. The number of unbranched alkanes of at least 4 members (excludes halogenated alkanes) is 1. The predicted octanol–water partition coefficient (Wildman–Crippen LogP) is 4.75. The van der Waals surface area contributed by atoms with Crippen LogP contribution >= 0.6 is 0 Å². The van der Waals surface area contributed by atoms with E-state index in [2.05, 4.69) is 69.4 Å². The van der Waals surface area contributed by atoms with E-state index in [0.717, 1.165) is 82.3 Å². The van der Waals surface area contributed by atoms with Crippen molar-refractivity contribution in [3.05, 3.63) is 42.2 Å². The van der Waals surface area contributed by atoms with Gasteiger partial charge in [-0.05, 0) is 50.2 Å². The molecule has 1 saturated heterocycles. The second-order valence-electron chi connectivity index (χ2n) is 10.2. The van der Waals surface area contributed by atoms with E-state index >= 15 is 0 Å². The van der Waals surface area contributed by atoms with Crippen LogP contribution in [0.5, 0.6) is 0 Å². The Morgan fingerprint density at radius 3 is 2.57 bits per heavy atom. The SMILES string of the molecule is CCCCNc1ncc2c(-c3ccc([C@@H](C)N4CCNCC4)cc3)cn(C3CCC(O)CC3)c2n1. The zero-order valence-corrected chi connectivity index (χ0v) is 21.2. The average molecular weight is 477 g/mol. The molecule has 1 atom stereocenters. The van der Waals surface area contributed by atoms with E-state index < -0.39 is 0 Å². The van der Waals surface area contributed by atoms with Gasteiger partial charge in [0.1, 0.15) is 5.65 Å². The highest BCUT2D eigenvalue weighted by Crippen LogP contribution is 2.37. The summed E-state index contributed by atoms with van der Waals surface area (Å²) >= 11 is 0. The Morgan fingerprint density at radius 2 is 1.86 bits per heavy atom. The Labute approximate surface area is 209 Å². The van der Waals surface area contributed by atoms with Crippen molar-refractivity contribution >= 4 is 17.0 Å². The van der Waals surface area contributed by atoms with Crippen LogP contribution in [0.15, 0.2) is 36.7 Å². The van der Waals surface area contributed by atoms with Crippen LogP contribution in [0, 0.1) is 0 Å². The van der Waals surface area contributed by atoms with Crippen LogP contribution in [-0.4, -0.2) is 63.4 Å². The minimum atomic E-state index is -0.168. The smallest absolute Gasteiger partial charge is 0.224 e. The number of aromatic nitrogens is 3. The van der Waals surface area contributed by atoms with Crippen LogP contribution in [0.4, 0.5) is 5.95 Å². The lowest BCUT2D eigenvalue weighted by Crippen LogP contribution is -2.44. The van der Waals surface area contributed by atoms with Crippen LogP contribution in [-0.2, 0) is 0 Å². The zero-order chi connectivity index (χ0) is 24.2. The van der Waals surface area contributed by atoms with Gasteiger partial charge >= 0.3 is 0 Å². The summed E-state index contributed by atoms with van der Waals surface area (Å²) in [6, 6.07) is 9.85. The average Bonchev–Trinajstić information content (AvgIpc) is 3.28. The third kappa shape index (κ3) is 5.37. The summed E-state index contributed by atoms with van der Waals surface area (Å²) in [7, 11) is 0. The first-order valence-electron chi connectivity index (χ1n) is 13.5. The molecule has 3 N–H and O–H groups in total. The minimum Gasteiger partial charge on any atom is -0.393 e. The maximum atomic E-state index is 10.0. The third-order valence-corrected chi connectivity index (χ3v) is 7.85. The highest BCUT2D eigenvalue weighted by molar-refractivity contribution is 5.94. The van der Waals surface area contributed by atoms with Gasteiger partial charge in [0, 0.05) is 68.2 Å². The molecular weight excluding hydrogens is 436 g/mol. The lowest BCUT2D eigenvalue weighted by Gasteiger charge is -2.33. The quantitative estimate of drug-likeness (QED) is 0.407. The number of aliphatic hydroxyl groups is 1. The molecule has 3 aromatic rings. The molecule has 2 aromatic heterocycles. The van der Waals surface area contributed by atoms with Crippen molar-refractivity contribution in [2.75, 3.05) is 38.0 Å². The number of fused-ring (bicyclic) bond motifs is 1. The summed E-state index contributed by atoms with van der Waals surface area (Å²) < 4.78 is 2.35. The van der Waals surface area contributed by atoms with E-state index in [1.54, 1.807) is 0 Å². The molecule has 2 fully saturated rings. The molecule has 1 aliphatic carbocycles. The van der Waals surface area contributed by atoms with Gasteiger partial charge in [0.2, 0.25) is 5.95 Å². The van der Waals surface area contributed by atoms with Crippen molar-refractivity contribution in [2.24, 2.45) is 0 Å². The van der Waals surface area contributed by atoms with E-state index in [0.29, 0.717) is 18.0 Å². The summed E-state index contributed by atoms with van der Waals surface area (Å²) in [6.07, 6.45) is 10.00. The number of benzene rings is 1. The number of hydrogen-bond acceptors (Lipinski definition) is 6. The summed E-state index contributed by atoms with van der Waals surface area (Å²) in [5.41, 5.74) is 4.75. The molecule has 0 unspecified atom stereocenters. The number of piperazine rings is 1. The highest BCUT2D eigenvalue weighted by atomic mass is 16.3. The topological polar surface area (TPSA) is 78.2 Å². The van der Waals surface area contributed by atoms with E-state index in [1.807, 2.05) is 6.20 Å². The van der Waals surface area contributed by atoms with Crippen LogP contribution < -0.4 is 10.6 Å². The Morgan fingerprint density at radius 1 is 1.11 bits per heavy atom. The van der Waals surface area contributed by atoms with Crippen molar-refractivity contribution in [3.8, 4) is 11.1 Å². The fraction of sp³-hybridized carbons (Fsp3) is 0.571. The van der Waals surface area contributed by atoms with E-state index in [1.165, 1.54) is 16.7 Å². The molecular formula is C28H40N6O. The third-order valence-electron chi connectivity index (χ3n) is 7.85. The van der Waals surface area contributed by atoms with Gasteiger partial charge in [0.05, 0.1) is 6.10 Å². The van der Waals surface area contributed by atoms with Gasteiger partial charge < -0.3 is 20.3 Å². The summed E-state index contributed by atoms with van der Waals surface area (Å²) in [5.74, 6) is 0.702. The van der Waals surface area contributed by atoms with Gasteiger partial charge in [-0.15, -0.1) is 0 Å². The molecule has 188 valence electrons. The number of rotatable bonds is 8. The molecule has 35 heavy (non-hydrogen) atoms. The Hall–Kier alpha value is -2.48. The molecule has 0 bridgehead atoms. The monoisotopic (exact) mass is 476 g/mol. The highest BCUT2D eigenvalue weighted by Gasteiger charge is 2.24. The Bertz CT molecular complexity index is 1100. The van der Waals surface area contributed by atoms with Crippen molar-refractivity contribution in [2.45, 2.75) is 70.6 Å². The Balaban J connectivity index is 1.45. The van der Waals surface area contributed by atoms with Gasteiger partial charge in [0.25, 0.3) is 0 Å². The van der Waals surface area contributed by atoms with Gasteiger partial charge in [0.15, 0.2) is 0 Å². The Kier molecular flexibility index (Phi) is 7.66. The molecule has 0 amide bonds. The first kappa shape index (κ1) is 24.2. The van der Waals surface area contributed by atoms with Gasteiger partial charge in [-0.3, -0.25) is 4.90 Å². The van der Waals surface area contributed by atoms with Crippen molar-refractivity contribution in [1.82, 2.24) is 24.8 Å². The second kappa shape index (κ2) is 11.1. The van der Waals surface area contributed by atoms with Crippen molar-refractivity contribution in [1.29, 1.82) is 0 Å². The lowest BCUT2D eigenvalue weighted by atomic mass is 9.93. The molecule has 7 heteroatoms. The number of nitrogens with zero attached hydrogens (tertiary/aromatic N) is 4. The minimum absolute atomic E-state index is 0.168. The molecule has 7 nitrogen and oxygen atoms in total. The number of aliphatic hydroxyl groups excluding tert-OH is 1. The van der Waals surface area contributed by atoms with E-state index in [4.69, 9.17) is 4.98 Å². The molecule has 1 saturated carbocycles. The molecule has 2 aliphatic rings. The second-order valence-corrected chi connectivity index (χ2v) is 10.2. The van der Waals surface area contributed by atoms with Gasteiger partial charge in [-0.2, -0.15) is 4.98 Å². The molecule has 3 heterocycles. The first-order valence-corrected chi connectivity index (χ1v) is 13.5. The summed E-state index contributed by atoms with van der Waals surface area (Å²) in [4.78, 5) is 12.2. The molecule has 1 aromatic carbocycles. The van der Waals surface area contributed by atoms with Gasteiger partial charge in [-0.1, -0.05) is 37.6 Å². The standard InChI is InChI=1S/C28H40N6O/c1-3-4-13-30-28-31-18-25-26(19-34(27(25)32-28)23-9-11-24(35)12-10-23)22-7-5-21(6-8-22)20(2)33-16-14-29-15-17-33/h5-8,18-20,23-24,29,35H,3-4,9-17H2,1-2H3,(H,30,31,32)/t20-,23?,24?/m1/s1. The van der Waals surface area contributed by atoms with Crippen LogP contribution in [0.2, 0.25) is 0 Å². The maximum absolute atomic E-state index is 10.0. The fourth-order valence-corrected chi connectivity index (χ4v) is 5.56. The predicted molar refractivity (Wildman–Crippen MR) is 143 cm³/mol. The van der Waals surface area contributed by atoms with Crippen LogP contribution in [0.3, 0.4) is 0 Å². The first-order chi connectivity index (χ1) is 17.1. The maximum Gasteiger partial charge on any atom is 0.224 e. The zero-order valence-electron chi connectivity index (χ0n) is 21.2. The molecule has 5 rings (SSSR count). The molecule has 0 radical (unpaired) electrons. The fourth-order valence-electron chi connectivity index (χ4n) is 5.56. The van der Waals surface area contributed by atoms with Crippen molar-refractivity contribution < 1.29 is 5.11 Å². The van der Waals surface area contributed by atoms with E-state index in [9.17, 15) is 5.11 Å². The van der Waals surface area contributed by atoms with Crippen LogP contribution in [0.1, 0.15) is 70.0 Å². The van der Waals surface area contributed by atoms with Gasteiger partial charge in [-0.25, -0.2) is 4.98 Å². The summed E-state index contributed by atoms with van der Waals surface area (Å²) in [6.45, 7) is 9.71. The number of anilines is 1. The van der Waals surface area contributed by atoms with E-state index in [-0.39, 0.29) is 6.10 Å². The molecule has 1 aliphatic heterocycles. The molecule has 0 spiro atoms. The normalized spacial score (nSPS) is 22.4. The van der Waals surface area contributed by atoms with Crippen LogP contribution in [0.25, 0.3) is 22.2 Å². The number of hydrogen-bond donors (Lipinski definition) is 3. The largest absolute Gasteiger partial charge is 0.393 e. The van der Waals surface area contributed by atoms with Crippen molar-refractivity contribution in [3.63, 3.8) is 0 Å². The number of nitrogens with one attached hydrogen (secondary N) is 2.